The van der Waals surface area contributed by atoms with Crippen molar-refractivity contribution in [2.45, 2.75) is 0 Å². The molecule has 147 valence electrons. The lowest BCUT2D eigenvalue weighted by Gasteiger charge is -2.38. The third-order valence-corrected chi connectivity index (χ3v) is 8.86. The van der Waals surface area contributed by atoms with Gasteiger partial charge in [0.05, 0.1) is 0 Å². The van der Waals surface area contributed by atoms with E-state index >= 15 is 0 Å². The van der Waals surface area contributed by atoms with Crippen LogP contribution in [0.5, 0.6) is 0 Å². The van der Waals surface area contributed by atoms with E-state index in [-0.39, 0.29) is 0 Å². The van der Waals surface area contributed by atoms with Crippen molar-refractivity contribution < 1.29 is 12.6 Å². The molecule has 0 unspecified atom stereocenters. The van der Waals surface area contributed by atoms with Gasteiger partial charge in [-0.2, -0.15) is 12.6 Å². The van der Waals surface area contributed by atoms with Crippen LogP contribution in [0.1, 0.15) is 0 Å². The summed E-state index contributed by atoms with van der Waals surface area (Å²) in [6.07, 6.45) is 0. The summed E-state index contributed by atoms with van der Waals surface area (Å²) in [6.45, 7) is 0. The summed E-state index contributed by atoms with van der Waals surface area (Å²) < 4.78 is 29.2. The van der Waals surface area contributed by atoms with Crippen molar-refractivity contribution in [3.63, 3.8) is 0 Å². The van der Waals surface area contributed by atoms with Gasteiger partial charge in [0.1, 0.15) is 0 Å². The molecule has 0 spiro atoms. The van der Waals surface area contributed by atoms with Gasteiger partial charge in [0, 0.05) is 0 Å². The SMILES string of the molecule is FP(F)F.c1ccc([P](c2ccccc2)(c2ccccc2)c2ccccc2)cc1. The molecule has 0 aliphatic heterocycles. The summed E-state index contributed by atoms with van der Waals surface area (Å²) in [5, 5.41) is 5.55. The highest BCUT2D eigenvalue weighted by Crippen LogP contribution is 2.53. The molecule has 0 amide bonds. The maximum atomic E-state index is 9.73. The highest BCUT2D eigenvalue weighted by atomic mass is 31.2. The molecule has 0 saturated heterocycles. The Morgan fingerprint density at radius 3 is 0.724 bits per heavy atom. The molecule has 0 aliphatic rings. The van der Waals surface area contributed by atoms with E-state index in [2.05, 4.69) is 121 Å². The molecule has 0 fully saturated rings. The normalized spacial score (nSPS) is 10.9. The topological polar surface area (TPSA) is 0 Å². The van der Waals surface area contributed by atoms with Crippen molar-refractivity contribution in [3.05, 3.63) is 121 Å². The highest BCUT2D eigenvalue weighted by Gasteiger charge is 2.35. The Labute approximate surface area is 171 Å². The lowest BCUT2D eigenvalue weighted by Crippen LogP contribution is -2.38. The monoisotopic (exact) mass is 427 g/mol. The molecule has 4 aromatic rings. The summed E-state index contributed by atoms with van der Waals surface area (Å²) in [5.74, 6) is 0. The minimum Gasteiger partial charge on any atom is -0.152 e. The van der Waals surface area contributed by atoms with Gasteiger partial charge in [0.25, 0.3) is 0 Å². The number of benzene rings is 4. The van der Waals surface area contributed by atoms with Crippen LogP contribution in [0, 0.1) is 0 Å². The van der Waals surface area contributed by atoms with Gasteiger partial charge in [-0.1, -0.05) is 121 Å². The number of halogens is 3. The summed E-state index contributed by atoms with van der Waals surface area (Å²) in [5.41, 5.74) is 0. The molecule has 4 aromatic carbocycles. The molecule has 0 aromatic heterocycles. The van der Waals surface area contributed by atoms with E-state index < -0.39 is 16.1 Å². The maximum absolute atomic E-state index is 9.73. The Morgan fingerprint density at radius 2 is 0.552 bits per heavy atom. The van der Waals surface area contributed by atoms with Gasteiger partial charge in [-0.25, -0.2) is 0 Å². The predicted octanol–water partition coefficient (Wildman–Crippen LogP) is 6.43. The first-order valence-corrected chi connectivity index (χ1v) is 11.8. The molecule has 29 heavy (non-hydrogen) atoms. The number of hydrogen-bond acceptors (Lipinski definition) is 0. The van der Waals surface area contributed by atoms with E-state index in [1.807, 2.05) is 0 Å². The molecule has 0 bridgehead atoms. The zero-order chi connectivity index (χ0) is 20.5. The smallest absolute Gasteiger partial charge is 0.152 e. The van der Waals surface area contributed by atoms with Gasteiger partial charge in [0.15, 0.2) is 0 Å². The summed E-state index contributed by atoms with van der Waals surface area (Å²) in [4.78, 5) is 0. The molecule has 0 nitrogen and oxygen atoms in total. The zero-order valence-corrected chi connectivity index (χ0v) is 17.4. The first kappa shape index (κ1) is 21.2. The predicted molar refractivity (Wildman–Crippen MR) is 121 cm³/mol. The van der Waals surface area contributed by atoms with Crippen molar-refractivity contribution in [1.29, 1.82) is 0 Å². The Kier molecular flexibility index (Phi) is 7.58. The molecular formula is C24H20F3P2. The van der Waals surface area contributed by atoms with Gasteiger partial charge in [-0.05, 0) is 28.5 Å². The molecule has 0 N–H and O–H groups in total. The highest BCUT2D eigenvalue weighted by molar-refractivity contribution is 8.01. The fraction of sp³-hybridized carbons (Fsp3) is 0. The van der Waals surface area contributed by atoms with Crippen LogP contribution in [-0.2, 0) is 0 Å². The van der Waals surface area contributed by atoms with Gasteiger partial charge in [0.2, 0.25) is 0 Å². The second-order valence-electron chi connectivity index (χ2n) is 6.20. The van der Waals surface area contributed by atoms with Gasteiger partial charge in [-0.3, -0.25) is 0 Å². The quantitative estimate of drug-likeness (QED) is 0.330. The van der Waals surface area contributed by atoms with Crippen molar-refractivity contribution in [2.75, 3.05) is 0 Å². The summed E-state index contributed by atoms with van der Waals surface area (Å²) >= 11 is 0. The first-order valence-electron chi connectivity index (χ1n) is 9.04. The number of rotatable bonds is 4. The van der Waals surface area contributed by atoms with Gasteiger partial charge >= 0.3 is 8.85 Å². The third kappa shape index (κ3) is 4.93. The van der Waals surface area contributed by atoms with E-state index in [1.54, 1.807) is 0 Å². The van der Waals surface area contributed by atoms with Crippen molar-refractivity contribution in [3.8, 4) is 0 Å². The molecule has 4 rings (SSSR count). The number of hydrogen-bond donors (Lipinski definition) is 0. The molecular weight excluding hydrogens is 407 g/mol. The van der Waals surface area contributed by atoms with Crippen LogP contribution in [0.3, 0.4) is 0 Å². The minimum atomic E-state index is -4.12. The maximum Gasteiger partial charge on any atom is 0.456 e. The van der Waals surface area contributed by atoms with E-state index in [0.717, 1.165) is 0 Å². The van der Waals surface area contributed by atoms with Crippen LogP contribution in [0.2, 0.25) is 0 Å². The van der Waals surface area contributed by atoms with E-state index in [4.69, 9.17) is 0 Å². The van der Waals surface area contributed by atoms with Crippen LogP contribution in [0.4, 0.5) is 12.6 Å². The fourth-order valence-electron chi connectivity index (χ4n) is 3.50. The van der Waals surface area contributed by atoms with Crippen molar-refractivity contribution in [2.24, 2.45) is 0 Å². The largest absolute Gasteiger partial charge is 0.456 e. The lowest BCUT2D eigenvalue weighted by atomic mass is 10.3. The van der Waals surface area contributed by atoms with Crippen LogP contribution in [0.25, 0.3) is 0 Å². The van der Waals surface area contributed by atoms with Crippen LogP contribution >= 0.6 is 16.1 Å². The second kappa shape index (κ2) is 10.3. The molecule has 0 heterocycles. The molecule has 0 aliphatic carbocycles. The van der Waals surface area contributed by atoms with Crippen LogP contribution in [0.15, 0.2) is 121 Å². The van der Waals surface area contributed by atoms with Crippen molar-refractivity contribution in [1.82, 2.24) is 0 Å². The standard InChI is InChI=1S/C24H20P.F3P/c1-5-13-21(14-6-1)25(22-15-7-2-8-16-22,23-17-9-3-10-18-23)24-19-11-4-12-20-24;1-4(2)3/h1-20H;. The van der Waals surface area contributed by atoms with E-state index in [9.17, 15) is 12.6 Å². The second-order valence-corrected chi connectivity index (χ2v) is 10.00. The van der Waals surface area contributed by atoms with Crippen molar-refractivity contribution >= 4 is 37.3 Å². The Hall–Kier alpha value is -2.47. The van der Waals surface area contributed by atoms with Gasteiger partial charge in [-0.15, -0.1) is 0 Å². The first-order chi connectivity index (χ1) is 14.2. The Bertz CT molecular complexity index is 813. The Morgan fingerprint density at radius 1 is 0.379 bits per heavy atom. The van der Waals surface area contributed by atoms with Crippen LogP contribution < -0.4 is 21.2 Å². The van der Waals surface area contributed by atoms with E-state index in [0.29, 0.717) is 0 Å². The lowest BCUT2D eigenvalue weighted by molar-refractivity contribution is 0.633. The summed E-state index contributed by atoms with van der Waals surface area (Å²) in [7, 11) is -6.03. The van der Waals surface area contributed by atoms with Gasteiger partial charge < -0.3 is 0 Å². The third-order valence-electron chi connectivity index (χ3n) is 4.57. The average molecular weight is 427 g/mol. The summed E-state index contributed by atoms with van der Waals surface area (Å²) in [6, 6.07) is 43.8. The van der Waals surface area contributed by atoms with Crippen LogP contribution in [-0.4, -0.2) is 0 Å². The fourth-order valence-corrected chi connectivity index (χ4v) is 7.77. The minimum absolute atomic E-state index is 1.39. The molecule has 1 radical (unpaired) electrons. The molecule has 5 heteroatoms. The van der Waals surface area contributed by atoms with E-state index in [1.165, 1.54) is 21.2 Å². The molecule has 0 atom stereocenters. The Balaban J connectivity index is 0.000000552. The zero-order valence-electron chi connectivity index (χ0n) is 15.6. The molecule has 0 saturated carbocycles. The average Bonchev–Trinajstić information content (AvgIpc) is 2.77.